The molecule has 1 aliphatic heterocycles. The second-order valence-corrected chi connectivity index (χ2v) is 7.10. The first-order chi connectivity index (χ1) is 12.1. The van der Waals surface area contributed by atoms with Gasteiger partial charge in [-0.25, -0.2) is 0 Å². The van der Waals surface area contributed by atoms with Gasteiger partial charge in [0.25, 0.3) is 0 Å². The number of methoxy groups -OCH3 is 1. The van der Waals surface area contributed by atoms with E-state index in [4.69, 9.17) is 4.74 Å². The number of anilines is 1. The third-order valence-electron chi connectivity index (χ3n) is 4.08. The second kappa shape index (κ2) is 7.60. The molecule has 1 fully saturated rings. The van der Waals surface area contributed by atoms with Gasteiger partial charge in [-0.1, -0.05) is 12.1 Å². The third-order valence-corrected chi connectivity index (χ3v) is 4.98. The number of hydrogen-bond donors (Lipinski definition) is 1. The lowest BCUT2D eigenvalue weighted by molar-refractivity contribution is -0.126. The minimum atomic E-state index is -0.353. The average Bonchev–Trinajstić information content (AvgIpc) is 3.20. The molecule has 0 spiro atoms. The molecule has 1 N–H and O–H groups in total. The fraction of sp³-hybridized carbons (Fsp3) is 0.412. The first kappa shape index (κ1) is 17.3. The Labute approximate surface area is 150 Å². The van der Waals surface area contributed by atoms with Crippen LogP contribution in [0.4, 0.5) is 5.69 Å². The topological polar surface area (TPSA) is 84.4 Å². The van der Waals surface area contributed by atoms with E-state index in [1.807, 2.05) is 25.1 Å². The fourth-order valence-electron chi connectivity index (χ4n) is 2.84. The van der Waals surface area contributed by atoms with Crippen LogP contribution in [0.5, 0.6) is 5.75 Å². The largest absolute Gasteiger partial charge is 0.495 e. The highest BCUT2D eigenvalue weighted by atomic mass is 32.1. The predicted molar refractivity (Wildman–Crippen MR) is 94.8 cm³/mol. The van der Waals surface area contributed by atoms with Crippen molar-refractivity contribution in [1.29, 1.82) is 0 Å². The molecule has 1 aromatic heterocycles. The Morgan fingerprint density at radius 2 is 2.20 bits per heavy atom. The van der Waals surface area contributed by atoms with Crippen molar-refractivity contribution in [2.75, 3.05) is 25.1 Å². The van der Waals surface area contributed by atoms with E-state index < -0.39 is 0 Å². The number of benzene rings is 1. The van der Waals surface area contributed by atoms with Crippen molar-refractivity contribution in [3.05, 3.63) is 34.3 Å². The maximum atomic E-state index is 12.4. The molecule has 2 heterocycles. The zero-order valence-corrected chi connectivity index (χ0v) is 15.0. The van der Waals surface area contributed by atoms with Crippen LogP contribution in [0, 0.1) is 12.8 Å². The number of nitrogens with one attached hydrogen (secondary N) is 1. The molecule has 0 saturated carbocycles. The predicted octanol–water partition coefficient (Wildman–Crippen LogP) is 1.57. The van der Waals surface area contributed by atoms with Gasteiger partial charge in [0.05, 0.1) is 18.7 Å². The summed E-state index contributed by atoms with van der Waals surface area (Å²) < 4.78 is 5.31. The smallest absolute Gasteiger partial charge is 0.227 e. The highest BCUT2D eigenvalue weighted by Crippen LogP contribution is 2.32. The average molecular weight is 360 g/mol. The van der Waals surface area contributed by atoms with Gasteiger partial charge < -0.3 is 15.0 Å². The zero-order valence-electron chi connectivity index (χ0n) is 14.2. The first-order valence-corrected chi connectivity index (χ1v) is 8.90. The van der Waals surface area contributed by atoms with Gasteiger partial charge in [0.2, 0.25) is 11.8 Å². The van der Waals surface area contributed by atoms with Crippen LogP contribution in [0.25, 0.3) is 0 Å². The van der Waals surface area contributed by atoms with Gasteiger partial charge in [-0.3, -0.25) is 9.59 Å². The van der Waals surface area contributed by atoms with Crippen LogP contribution in [-0.4, -0.2) is 42.2 Å². The van der Waals surface area contributed by atoms with E-state index in [0.29, 0.717) is 30.9 Å². The van der Waals surface area contributed by atoms with E-state index in [2.05, 4.69) is 15.5 Å². The molecule has 0 radical (unpaired) electrons. The van der Waals surface area contributed by atoms with Gasteiger partial charge in [0.1, 0.15) is 15.8 Å². The Morgan fingerprint density at radius 3 is 2.92 bits per heavy atom. The van der Waals surface area contributed by atoms with Crippen LogP contribution < -0.4 is 15.0 Å². The molecule has 2 aromatic rings. The minimum absolute atomic E-state index is 0.0654. The van der Waals surface area contributed by atoms with Crippen molar-refractivity contribution in [2.24, 2.45) is 5.92 Å². The van der Waals surface area contributed by atoms with E-state index in [1.165, 1.54) is 11.3 Å². The SMILES string of the molecule is COc1ccccc1N1C[C@H](C(=O)NCCc2nnc(C)s2)CC1=O. The van der Waals surface area contributed by atoms with Gasteiger partial charge in [0.15, 0.2) is 0 Å². The van der Waals surface area contributed by atoms with Crippen molar-refractivity contribution in [3.8, 4) is 5.75 Å². The number of hydrogen-bond acceptors (Lipinski definition) is 6. The Morgan fingerprint density at radius 1 is 1.40 bits per heavy atom. The molecule has 25 heavy (non-hydrogen) atoms. The molecule has 1 aliphatic rings. The standard InChI is InChI=1S/C17H20N4O3S/c1-11-19-20-15(25-11)7-8-18-17(23)12-9-16(22)21(10-12)13-5-3-4-6-14(13)24-2/h3-6,12H,7-10H2,1-2H3,(H,18,23)/t12-/m1/s1. The third kappa shape index (κ3) is 3.96. The summed E-state index contributed by atoms with van der Waals surface area (Å²) in [6.45, 7) is 2.76. The van der Waals surface area contributed by atoms with Crippen molar-refractivity contribution < 1.29 is 14.3 Å². The van der Waals surface area contributed by atoms with Gasteiger partial charge in [-0.05, 0) is 19.1 Å². The van der Waals surface area contributed by atoms with E-state index in [1.54, 1.807) is 18.1 Å². The van der Waals surface area contributed by atoms with Crippen molar-refractivity contribution in [2.45, 2.75) is 19.8 Å². The number of carbonyl (C=O) groups is 2. The summed E-state index contributed by atoms with van der Waals surface area (Å²) in [4.78, 5) is 26.3. The molecule has 7 nitrogen and oxygen atoms in total. The van der Waals surface area contributed by atoms with E-state index in [-0.39, 0.29) is 24.2 Å². The Balaban J connectivity index is 1.57. The maximum Gasteiger partial charge on any atom is 0.227 e. The second-order valence-electron chi connectivity index (χ2n) is 5.83. The summed E-state index contributed by atoms with van der Waals surface area (Å²) in [5, 5.41) is 12.7. The van der Waals surface area contributed by atoms with Crippen molar-refractivity contribution in [1.82, 2.24) is 15.5 Å². The Kier molecular flexibility index (Phi) is 5.28. The molecule has 2 amide bonds. The first-order valence-electron chi connectivity index (χ1n) is 8.08. The van der Waals surface area contributed by atoms with Crippen LogP contribution in [0.3, 0.4) is 0 Å². The molecule has 1 aromatic carbocycles. The lowest BCUT2D eigenvalue weighted by atomic mass is 10.1. The monoisotopic (exact) mass is 360 g/mol. The summed E-state index contributed by atoms with van der Waals surface area (Å²) in [6, 6.07) is 7.33. The highest BCUT2D eigenvalue weighted by molar-refractivity contribution is 7.11. The number of para-hydroxylation sites is 2. The number of rotatable bonds is 6. The number of ether oxygens (including phenoxy) is 1. The molecular formula is C17H20N4O3S. The van der Waals surface area contributed by atoms with Gasteiger partial charge in [0, 0.05) is 25.9 Å². The number of carbonyl (C=O) groups excluding carboxylic acids is 2. The van der Waals surface area contributed by atoms with E-state index >= 15 is 0 Å². The molecule has 3 rings (SSSR count). The van der Waals surface area contributed by atoms with Gasteiger partial charge >= 0.3 is 0 Å². The fourth-order valence-corrected chi connectivity index (χ4v) is 3.55. The van der Waals surface area contributed by atoms with Crippen LogP contribution >= 0.6 is 11.3 Å². The lowest BCUT2D eigenvalue weighted by Gasteiger charge is -2.19. The molecular weight excluding hydrogens is 340 g/mol. The van der Waals surface area contributed by atoms with Crippen molar-refractivity contribution in [3.63, 3.8) is 0 Å². The Bertz CT molecular complexity index is 777. The van der Waals surface area contributed by atoms with Gasteiger partial charge in [-0.15, -0.1) is 21.5 Å². The lowest BCUT2D eigenvalue weighted by Crippen LogP contribution is -2.34. The number of amides is 2. The zero-order chi connectivity index (χ0) is 17.8. The summed E-state index contributed by atoms with van der Waals surface area (Å²) in [5.41, 5.74) is 0.703. The highest BCUT2D eigenvalue weighted by Gasteiger charge is 2.36. The molecule has 0 aliphatic carbocycles. The molecule has 0 bridgehead atoms. The molecule has 132 valence electrons. The van der Waals surface area contributed by atoms with Crippen LogP contribution in [-0.2, 0) is 16.0 Å². The van der Waals surface area contributed by atoms with Crippen LogP contribution in [0.1, 0.15) is 16.4 Å². The quantitative estimate of drug-likeness (QED) is 0.845. The Hall–Kier alpha value is -2.48. The molecule has 1 saturated heterocycles. The molecule has 0 unspecified atom stereocenters. The minimum Gasteiger partial charge on any atom is -0.495 e. The molecule has 1 atom stereocenters. The van der Waals surface area contributed by atoms with E-state index in [9.17, 15) is 9.59 Å². The number of aromatic nitrogens is 2. The summed E-state index contributed by atoms with van der Waals surface area (Å²) >= 11 is 1.52. The van der Waals surface area contributed by atoms with Crippen LogP contribution in [0.2, 0.25) is 0 Å². The summed E-state index contributed by atoms with van der Waals surface area (Å²) in [6.07, 6.45) is 0.857. The van der Waals surface area contributed by atoms with Crippen LogP contribution in [0.15, 0.2) is 24.3 Å². The van der Waals surface area contributed by atoms with Crippen molar-refractivity contribution >= 4 is 28.8 Å². The maximum absolute atomic E-state index is 12.4. The molecule has 8 heteroatoms. The van der Waals surface area contributed by atoms with E-state index in [0.717, 1.165) is 10.0 Å². The van der Waals surface area contributed by atoms with Gasteiger partial charge in [-0.2, -0.15) is 0 Å². The number of nitrogens with zero attached hydrogens (tertiary/aromatic N) is 3. The normalized spacial score (nSPS) is 17.0. The summed E-state index contributed by atoms with van der Waals surface area (Å²) in [7, 11) is 1.57. The summed E-state index contributed by atoms with van der Waals surface area (Å²) in [5.74, 6) is 0.105. The number of aryl methyl sites for hydroxylation is 1.